The number of aromatic nitrogens is 1. The lowest BCUT2D eigenvalue weighted by molar-refractivity contribution is -0.133. The summed E-state index contributed by atoms with van der Waals surface area (Å²) in [5.41, 5.74) is 6.38. The zero-order chi connectivity index (χ0) is 13.2. The molecule has 0 atom stereocenters. The van der Waals surface area contributed by atoms with E-state index in [4.69, 9.17) is 10.2 Å². The minimum Gasteiger partial charge on any atom is -0.428 e. The van der Waals surface area contributed by atoms with E-state index in [1.54, 1.807) is 0 Å². The standard InChI is InChI=1S/C14H21N3O2/c15-14-16-11-9-17(7-6-12(11)19-14)13(18)8-10-4-2-1-3-5-10/h10H,1-9H2,(H2,15,16). The smallest absolute Gasteiger partial charge is 0.292 e. The van der Waals surface area contributed by atoms with Crippen molar-refractivity contribution in [3.8, 4) is 0 Å². The maximum Gasteiger partial charge on any atom is 0.292 e. The van der Waals surface area contributed by atoms with Crippen LogP contribution in [0.3, 0.4) is 0 Å². The Labute approximate surface area is 113 Å². The first-order valence-electron chi connectivity index (χ1n) is 7.24. The number of hydrogen-bond acceptors (Lipinski definition) is 4. The number of carbonyl (C=O) groups is 1. The Kier molecular flexibility index (Phi) is 3.44. The maximum atomic E-state index is 12.3. The van der Waals surface area contributed by atoms with E-state index >= 15 is 0 Å². The number of nitrogens with zero attached hydrogens (tertiary/aromatic N) is 2. The number of anilines is 1. The quantitative estimate of drug-likeness (QED) is 0.887. The van der Waals surface area contributed by atoms with Gasteiger partial charge in [0.1, 0.15) is 11.5 Å². The molecule has 2 heterocycles. The number of carbonyl (C=O) groups excluding carboxylic acids is 1. The highest BCUT2D eigenvalue weighted by atomic mass is 16.4. The van der Waals surface area contributed by atoms with E-state index in [-0.39, 0.29) is 11.9 Å². The molecule has 0 unspecified atom stereocenters. The molecule has 1 aliphatic carbocycles. The summed E-state index contributed by atoms with van der Waals surface area (Å²) in [7, 11) is 0. The second-order valence-electron chi connectivity index (χ2n) is 5.70. The first-order valence-corrected chi connectivity index (χ1v) is 7.24. The van der Waals surface area contributed by atoms with Gasteiger partial charge >= 0.3 is 0 Å². The summed E-state index contributed by atoms with van der Waals surface area (Å²) >= 11 is 0. The van der Waals surface area contributed by atoms with Crippen LogP contribution >= 0.6 is 0 Å². The van der Waals surface area contributed by atoms with Gasteiger partial charge in [0.05, 0.1) is 6.54 Å². The highest BCUT2D eigenvalue weighted by Gasteiger charge is 2.27. The number of nitrogen functional groups attached to an aromatic ring is 1. The molecule has 0 aromatic carbocycles. The third kappa shape index (κ3) is 2.74. The molecule has 1 amide bonds. The Morgan fingerprint density at radius 2 is 2.16 bits per heavy atom. The van der Waals surface area contributed by atoms with Crippen LogP contribution in [0.5, 0.6) is 0 Å². The molecule has 2 N–H and O–H groups in total. The van der Waals surface area contributed by atoms with E-state index in [9.17, 15) is 4.79 Å². The minimum atomic E-state index is 0.214. The molecule has 0 spiro atoms. The molecule has 3 rings (SSSR count). The topological polar surface area (TPSA) is 72.4 Å². The monoisotopic (exact) mass is 263 g/mol. The van der Waals surface area contributed by atoms with Crippen LogP contribution in [0.4, 0.5) is 6.01 Å². The van der Waals surface area contributed by atoms with Gasteiger partial charge in [-0.25, -0.2) is 0 Å². The Balaban J connectivity index is 1.59. The van der Waals surface area contributed by atoms with Gasteiger partial charge in [-0.1, -0.05) is 19.3 Å². The van der Waals surface area contributed by atoms with Gasteiger partial charge in [-0.2, -0.15) is 4.98 Å². The van der Waals surface area contributed by atoms with Crippen molar-refractivity contribution in [1.82, 2.24) is 9.88 Å². The lowest BCUT2D eigenvalue weighted by Gasteiger charge is -2.28. The maximum absolute atomic E-state index is 12.3. The van der Waals surface area contributed by atoms with E-state index in [0.29, 0.717) is 18.9 Å². The summed E-state index contributed by atoms with van der Waals surface area (Å²) < 4.78 is 5.31. The molecule has 1 aliphatic heterocycles. The van der Waals surface area contributed by atoms with Crippen molar-refractivity contribution < 1.29 is 9.21 Å². The number of hydrogen-bond donors (Lipinski definition) is 1. The fourth-order valence-corrected chi connectivity index (χ4v) is 3.20. The number of fused-ring (bicyclic) bond motifs is 1. The van der Waals surface area contributed by atoms with E-state index in [1.807, 2.05) is 4.90 Å². The average molecular weight is 263 g/mol. The van der Waals surface area contributed by atoms with Crippen LogP contribution in [-0.4, -0.2) is 22.3 Å². The molecule has 2 aliphatic rings. The highest BCUT2D eigenvalue weighted by molar-refractivity contribution is 5.76. The molecular weight excluding hydrogens is 242 g/mol. The molecular formula is C14H21N3O2. The molecule has 5 heteroatoms. The molecule has 104 valence electrons. The lowest BCUT2D eigenvalue weighted by atomic mass is 9.86. The van der Waals surface area contributed by atoms with Crippen LogP contribution < -0.4 is 5.73 Å². The largest absolute Gasteiger partial charge is 0.428 e. The van der Waals surface area contributed by atoms with Crippen LogP contribution in [0.25, 0.3) is 0 Å². The van der Waals surface area contributed by atoms with Crippen molar-refractivity contribution in [1.29, 1.82) is 0 Å². The van der Waals surface area contributed by atoms with Crippen LogP contribution in [0.15, 0.2) is 4.42 Å². The van der Waals surface area contributed by atoms with Crippen molar-refractivity contribution in [2.24, 2.45) is 5.92 Å². The number of oxazole rings is 1. The van der Waals surface area contributed by atoms with Gasteiger partial charge < -0.3 is 15.1 Å². The summed E-state index contributed by atoms with van der Waals surface area (Å²) in [6, 6.07) is 0.214. The van der Waals surface area contributed by atoms with Gasteiger partial charge in [-0.15, -0.1) is 0 Å². The lowest BCUT2D eigenvalue weighted by Crippen LogP contribution is -2.36. The SMILES string of the molecule is Nc1nc2c(o1)CCN(C(=O)CC1CCCCC1)C2. The molecule has 1 aromatic rings. The molecule has 1 saturated carbocycles. The summed E-state index contributed by atoms with van der Waals surface area (Å²) in [6.45, 7) is 1.29. The first kappa shape index (κ1) is 12.5. The number of nitrogens with two attached hydrogens (primary N) is 1. The zero-order valence-electron chi connectivity index (χ0n) is 11.2. The molecule has 1 aromatic heterocycles. The average Bonchev–Trinajstić information content (AvgIpc) is 2.78. The predicted octanol–water partition coefficient (Wildman–Crippen LogP) is 2.11. The third-order valence-electron chi connectivity index (χ3n) is 4.28. The van der Waals surface area contributed by atoms with Crippen molar-refractivity contribution >= 4 is 11.9 Å². The van der Waals surface area contributed by atoms with Gasteiger partial charge in [-0.05, 0) is 18.8 Å². The Morgan fingerprint density at radius 3 is 2.95 bits per heavy atom. The molecule has 1 fully saturated rings. The normalized spacial score (nSPS) is 20.3. The van der Waals surface area contributed by atoms with Gasteiger partial charge in [0.2, 0.25) is 5.91 Å². The summed E-state index contributed by atoms with van der Waals surface area (Å²) in [6.07, 6.45) is 7.74. The number of rotatable bonds is 2. The van der Waals surface area contributed by atoms with Crippen molar-refractivity contribution in [2.45, 2.75) is 51.5 Å². The van der Waals surface area contributed by atoms with Gasteiger partial charge in [0.25, 0.3) is 6.01 Å². The van der Waals surface area contributed by atoms with Gasteiger partial charge in [0, 0.05) is 19.4 Å². The van der Waals surface area contributed by atoms with E-state index in [0.717, 1.165) is 24.4 Å². The Morgan fingerprint density at radius 1 is 1.37 bits per heavy atom. The molecule has 19 heavy (non-hydrogen) atoms. The highest BCUT2D eigenvalue weighted by Crippen LogP contribution is 2.28. The summed E-state index contributed by atoms with van der Waals surface area (Å²) in [4.78, 5) is 18.4. The van der Waals surface area contributed by atoms with Gasteiger partial charge in [0.15, 0.2) is 0 Å². The zero-order valence-corrected chi connectivity index (χ0v) is 11.2. The van der Waals surface area contributed by atoms with Crippen molar-refractivity contribution in [2.75, 3.05) is 12.3 Å². The second-order valence-corrected chi connectivity index (χ2v) is 5.70. The van der Waals surface area contributed by atoms with Crippen LogP contribution in [0.1, 0.15) is 50.0 Å². The molecule has 5 nitrogen and oxygen atoms in total. The summed E-state index contributed by atoms with van der Waals surface area (Å²) in [5.74, 6) is 1.70. The van der Waals surface area contributed by atoms with Gasteiger partial charge in [-0.3, -0.25) is 4.79 Å². The molecule has 0 saturated heterocycles. The fourth-order valence-electron chi connectivity index (χ4n) is 3.20. The predicted molar refractivity (Wildman–Crippen MR) is 71.2 cm³/mol. The third-order valence-corrected chi connectivity index (χ3v) is 4.28. The van der Waals surface area contributed by atoms with Crippen molar-refractivity contribution in [3.05, 3.63) is 11.5 Å². The molecule has 0 radical (unpaired) electrons. The van der Waals surface area contributed by atoms with Crippen molar-refractivity contribution in [3.63, 3.8) is 0 Å². The molecule has 0 bridgehead atoms. The second kappa shape index (κ2) is 5.23. The Bertz CT molecular complexity index is 463. The first-order chi connectivity index (χ1) is 9.22. The van der Waals surface area contributed by atoms with Crippen LogP contribution in [0, 0.1) is 5.92 Å². The summed E-state index contributed by atoms with van der Waals surface area (Å²) in [5, 5.41) is 0. The van der Waals surface area contributed by atoms with E-state index < -0.39 is 0 Å². The van der Waals surface area contributed by atoms with E-state index in [2.05, 4.69) is 4.98 Å². The van der Waals surface area contributed by atoms with Crippen LogP contribution in [0.2, 0.25) is 0 Å². The fraction of sp³-hybridized carbons (Fsp3) is 0.714. The van der Waals surface area contributed by atoms with Crippen LogP contribution in [-0.2, 0) is 17.8 Å². The van der Waals surface area contributed by atoms with E-state index in [1.165, 1.54) is 32.1 Å². The minimum absolute atomic E-state index is 0.214. The Hall–Kier alpha value is -1.52. The number of amides is 1.